The molecule has 0 fully saturated rings. The molecular formula is C13H9Cl2IN2O. The van der Waals surface area contributed by atoms with Gasteiger partial charge in [-0.2, -0.15) is 0 Å². The molecule has 2 aromatic rings. The van der Waals surface area contributed by atoms with Gasteiger partial charge in [-0.15, -0.1) is 0 Å². The lowest BCUT2D eigenvalue weighted by molar-refractivity contribution is 0.102. The Balaban J connectivity index is 2.25. The van der Waals surface area contributed by atoms with Gasteiger partial charge in [-0.1, -0.05) is 23.2 Å². The molecule has 0 aliphatic rings. The normalized spacial score (nSPS) is 10.3. The number of nitrogens with zero attached hydrogens (tertiary/aromatic N) is 1. The Labute approximate surface area is 134 Å². The van der Waals surface area contributed by atoms with Crippen LogP contribution in [0.1, 0.15) is 16.1 Å². The number of hydrogen-bond acceptors (Lipinski definition) is 2. The van der Waals surface area contributed by atoms with Gasteiger partial charge < -0.3 is 5.32 Å². The van der Waals surface area contributed by atoms with E-state index in [1.807, 2.05) is 6.07 Å². The topological polar surface area (TPSA) is 42.0 Å². The van der Waals surface area contributed by atoms with Crippen molar-refractivity contribution in [2.75, 3.05) is 5.32 Å². The molecule has 98 valence electrons. The molecule has 3 nitrogen and oxygen atoms in total. The van der Waals surface area contributed by atoms with Crippen LogP contribution < -0.4 is 5.32 Å². The third kappa shape index (κ3) is 3.81. The molecule has 1 N–H and O–H groups in total. The van der Waals surface area contributed by atoms with E-state index in [0.717, 1.165) is 3.57 Å². The van der Waals surface area contributed by atoms with Crippen molar-refractivity contribution >= 4 is 57.4 Å². The maximum Gasteiger partial charge on any atom is 0.255 e. The van der Waals surface area contributed by atoms with Gasteiger partial charge in [0.15, 0.2) is 0 Å². The Morgan fingerprint density at radius 3 is 2.63 bits per heavy atom. The highest BCUT2D eigenvalue weighted by Crippen LogP contribution is 2.24. The van der Waals surface area contributed by atoms with Crippen LogP contribution in [0.3, 0.4) is 0 Å². The maximum atomic E-state index is 12.1. The summed E-state index contributed by atoms with van der Waals surface area (Å²) in [6, 6.07) is 8.60. The van der Waals surface area contributed by atoms with Crippen LogP contribution in [0.4, 0.5) is 5.69 Å². The number of aromatic nitrogens is 1. The van der Waals surface area contributed by atoms with Gasteiger partial charge in [-0.25, -0.2) is 4.98 Å². The lowest BCUT2D eigenvalue weighted by atomic mass is 10.2. The Bertz CT molecular complexity index is 626. The van der Waals surface area contributed by atoms with Crippen molar-refractivity contribution < 1.29 is 4.79 Å². The number of nitrogens with one attached hydrogen (secondary N) is 1. The molecule has 0 aliphatic heterocycles. The quantitative estimate of drug-likeness (QED) is 0.587. The molecule has 0 aliphatic carbocycles. The van der Waals surface area contributed by atoms with Gasteiger partial charge >= 0.3 is 0 Å². The highest BCUT2D eigenvalue weighted by molar-refractivity contribution is 14.1. The molecule has 19 heavy (non-hydrogen) atoms. The highest BCUT2D eigenvalue weighted by Gasteiger charge is 2.10. The zero-order valence-corrected chi connectivity index (χ0v) is 13.5. The van der Waals surface area contributed by atoms with Crippen LogP contribution in [0.5, 0.6) is 0 Å². The first-order valence-electron chi connectivity index (χ1n) is 5.36. The smallest absolute Gasteiger partial charge is 0.255 e. The number of benzene rings is 1. The second-order valence-corrected chi connectivity index (χ2v) is 5.94. The lowest BCUT2D eigenvalue weighted by Crippen LogP contribution is -2.12. The molecule has 0 unspecified atom stereocenters. The van der Waals surface area contributed by atoms with E-state index in [4.69, 9.17) is 23.2 Å². The molecule has 1 aromatic carbocycles. The Hall–Kier alpha value is -0.850. The van der Waals surface area contributed by atoms with Crippen molar-refractivity contribution in [3.63, 3.8) is 0 Å². The van der Waals surface area contributed by atoms with Crippen molar-refractivity contribution in [2.45, 2.75) is 6.92 Å². The van der Waals surface area contributed by atoms with E-state index in [1.54, 1.807) is 25.1 Å². The minimum atomic E-state index is -0.268. The summed E-state index contributed by atoms with van der Waals surface area (Å²) in [5.74, 6) is -0.268. The molecule has 1 aromatic heterocycles. The molecule has 0 atom stereocenters. The van der Waals surface area contributed by atoms with Gasteiger partial charge in [0.25, 0.3) is 5.91 Å². The Kier molecular flexibility index (Phi) is 4.65. The summed E-state index contributed by atoms with van der Waals surface area (Å²) >= 11 is 14.0. The van der Waals surface area contributed by atoms with Crippen LogP contribution in [0, 0.1) is 10.5 Å². The van der Waals surface area contributed by atoms with Gasteiger partial charge in [0.1, 0.15) is 5.15 Å². The van der Waals surface area contributed by atoms with Gasteiger partial charge in [0.2, 0.25) is 0 Å². The van der Waals surface area contributed by atoms with Crippen LogP contribution in [0.15, 0.2) is 30.3 Å². The van der Waals surface area contributed by atoms with Crippen LogP contribution >= 0.6 is 45.8 Å². The standard InChI is InChI=1S/C13H9Cl2IN2O/c1-7-4-8(5-12(15)17-7)13(19)18-11-3-2-9(16)6-10(11)14/h2-6H,1H3,(H,18,19). The van der Waals surface area contributed by atoms with Gasteiger partial charge in [0, 0.05) is 14.8 Å². The zero-order valence-electron chi connectivity index (χ0n) is 9.88. The molecule has 6 heteroatoms. The summed E-state index contributed by atoms with van der Waals surface area (Å²) in [5.41, 5.74) is 1.70. The predicted molar refractivity (Wildman–Crippen MR) is 86.1 cm³/mol. The van der Waals surface area contributed by atoms with Crippen LogP contribution in [0.2, 0.25) is 10.2 Å². The van der Waals surface area contributed by atoms with Crippen LogP contribution in [-0.4, -0.2) is 10.9 Å². The molecule has 0 saturated heterocycles. The van der Waals surface area contributed by atoms with Crippen molar-refractivity contribution in [3.05, 3.63) is 55.3 Å². The Morgan fingerprint density at radius 1 is 1.26 bits per heavy atom. The fraction of sp³-hybridized carbons (Fsp3) is 0.0769. The van der Waals surface area contributed by atoms with E-state index in [-0.39, 0.29) is 5.91 Å². The van der Waals surface area contributed by atoms with Gasteiger partial charge in [0.05, 0.1) is 10.7 Å². The summed E-state index contributed by atoms with van der Waals surface area (Å²) in [7, 11) is 0. The van der Waals surface area contributed by atoms with Crippen molar-refractivity contribution in [1.82, 2.24) is 4.98 Å². The second-order valence-electron chi connectivity index (χ2n) is 3.90. The summed E-state index contributed by atoms with van der Waals surface area (Å²) in [6.07, 6.45) is 0. The van der Waals surface area contributed by atoms with E-state index in [2.05, 4.69) is 32.9 Å². The van der Waals surface area contributed by atoms with Crippen LogP contribution in [0.25, 0.3) is 0 Å². The molecule has 2 rings (SSSR count). The number of carbonyl (C=O) groups is 1. The number of aryl methyl sites for hydroxylation is 1. The fourth-order valence-corrected chi connectivity index (χ4v) is 2.70. The maximum absolute atomic E-state index is 12.1. The van der Waals surface area contributed by atoms with Gasteiger partial charge in [-0.3, -0.25) is 4.79 Å². The van der Waals surface area contributed by atoms with Crippen molar-refractivity contribution in [1.29, 1.82) is 0 Å². The molecule has 1 amide bonds. The first kappa shape index (κ1) is 14.6. The predicted octanol–water partition coefficient (Wildman–Crippen LogP) is 4.55. The molecule has 0 saturated carbocycles. The summed E-state index contributed by atoms with van der Waals surface area (Å²) in [4.78, 5) is 16.1. The van der Waals surface area contributed by atoms with Crippen LogP contribution in [-0.2, 0) is 0 Å². The van der Waals surface area contributed by atoms with E-state index >= 15 is 0 Å². The van der Waals surface area contributed by atoms with Crippen molar-refractivity contribution in [3.8, 4) is 0 Å². The minimum absolute atomic E-state index is 0.268. The molecule has 1 heterocycles. The number of pyridine rings is 1. The first-order valence-corrected chi connectivity index (χ1v) is 7.20. The number of rotatable bonds is 2. The highest BCUT2D eigenvalue weighted by atomic mass is 127. The number of amides is 1. The third-order valence-electron chi connectivity index (χ3n) is 2.36. The molecule has 0 bridgehead atoms. The summed E-state index contributed by atoms with van der Waals surface area (Å²) in [5, 5.41) is 3.54. The molecular weight excluding hydrogens is 398 g/mol. The summed E-state index contributed by atoms with van der Waals surface area (Å²) in [6.45, 7) is 1.78. The first-order chi connectivity index (χ1) is 8.95. The van der Waals surface area contributed by atoms with E-state index in [0.29, 0.717) is 27.1 Å². The monoisotopic (exact) mass is 406 g/mol. The van der Waals surface area contributed by atoms with E-state index in [1.165, 1.54) is 6.07 Å². The SMILES string of the molecule is Cc1cc(C(=O)Nc2ccc(I)cc2Cl)cc(Cl)n1. The van der Waals surface area contributed by atoms with Gasteiger partial charge in [-0.05, 0) is 59.8 Å². The average molecular weight is 407 g/mol. The number of anilines is 1. The third-order valence-corrected chi connectivity index (χ3v) is 3.54. The lowest BCUT2D eigenvalue weighted by Gasteiger charge is -2.08. The molecule has 0 spiro atoms. The summed E-state index contributed by atoms with van der Waals surface area (Å²) < 4.78 is 1.00. The van der Waals surface area contributed by atoms with E-state index < -0.39 is 0 Å². The second kappa shape index (κ2) is 6.07. The average Bonchev–Trinajstić information content (AvgIpc) is 2.31. The fourth-order valence-electron chi connectivity index (χ4n) is 1.54. The molecule has 0 radical (unpaired) electrons. The Morgan fingerprint density at radius 2 is 2.00 bits per heavy atom. The van der Waals surface area contributed by atoms with Crippen molar-refractivity contribution in [2.24, 2.45) is 0 Å². The largest absolute Gasteiger partial charge is 0.321 e. The number of hydrogen-bond donors (Lipinski definition) is 1. The minimum Gasteiger partial charge on any atom is -0.321 e. The number of carbonyl (C=O) groups excluding carboxylic acids is 1. The zero-order chi connectivity index (χ0) is 14.0. The number of halogens is 3. The van der Waals surface area contributed by atoms with E-state index in [9.17, 15) is 4.79 Å².